The molecule has 0 saturated heterocycles. The summed E-state index contributed by atoms with van der Waals surface area (Å²) in [7, 11) is 0. The van der Waals surface area contributed by atoms with Crippen LogP contribution in [0.15, 0.2) is 24.3 Å². The Hall–Kier alpha value is -1.02. The average Bonchev–Trinajstić information content (AvgIpc) is 3.19. The van der Waals surface area contributed by atoms with Crippen LogP contribution in [0.3, 0.4) is 0 Å². The molecule has 1 aliphatic carbocycles. The van der Waals surface area contributed by atoms with E-state index in [1.807, 2.05) is 13.0 Å². The fraction of sp³-hybridized carbons (Fsp3) is 0.600. The fourth-order valence-electron chi connectivity index (χ4n) is 2.38. The van der Waals surface area contributed by atoms with E-state index in [9.17, 15) is 5.11 Å². The number of anilines is 1. The molecule has 1 fully saturated rings. The predicted molar refractivity (Wildman–Crippen MR) is 72.4 cm³/mol. The second kappa shape index (κ2) is 5.54. The highest BCUT2D eigenvalue weighted by Gasteiger charge is 2.30. The molecule has 0 unspecified atom stereocenters. The normalized spacial score (nSPS) is 16.9. The molecule has 0 radical (unpaired) electrons. The van der Waals surface area contributed by atoms with E-state index in [1.54, 1.807) is 0 Å². The number of hydrogen-bond acceptors (Lipinski definition) is 2. The lowest BCUT2D eigenvalue weighted by Crippen LogP contribution is -2.27. The Morgan fingerprint density at radius 3 is 2.59 bits per heavy atom. The molecule has 17 heavy (non-hydrogen) atoms. The van der Waals surface area contributed by atoms with Gasteiger partial charge in [-0.25, -0.2) is 0 Å². The van der Waals surface area contributed by atoms with Crippen molar-refractivity contribution in [3.05, 3.63) is 29.8 Å². The molecule has 1 saturated carbocycles. The van der Waals surface area contributed by atoms with E-state index >= 15 is 0 Å². The van der Waals surface area contributed by atoms with E-state index < -0.39 is 0 Å². The molecule has 1 atom stereocenters. The summed E-state index contributed by atoms with van der Waals surface area (Å²) in [5.74, 6) is 0. The Bertz CT molecular complexity index is 360. The van der Waals surface area contributed by atoms with E-state index in [4.69, 9.17) is 0 Å². The van der Waals surface area contributed by atoms with Gasteiger partial charge in [-0.2, -0.15) is 0 Å². The molecule has 1 N–H and O–H groups in total. The molecular weight excluding hydrogens is 210 g/mol. The lowest BCUT2D eigenvalue weighted by atomic mass is 10.0. The zero-order chi connectivity index (χ0) is 12.3. The number of hydrogen-bond donors (Lipinski definition) is 1. The van der Waals surface area contributed by atoms with Crippen molar-refractivity contribution in [3.63, 3.8) is 0 Å². The lowest BCUT2D eigenvalue weighted by Gasteiger charge is -2.28. The van der Waals surface area contributed by atoms with Crippen LogP contribution in [-0.2, 0) is 0 Å². The standard InChI is InChI=1S/C15H23NO/c1-3-11-16(12-9-10-12)14-8-6-5-7-13(14)15(17)4-2/h5-8,12,15,17H,3-4,9-11H2,1-2H3/t15-/m1/s1. The van der Waals surface area contributed by atoms with E-state index in [0.29, 0.717) is 6.04 Å². The van der Waals surface area contributed by atoms with Gasteiger partial charge in [0.1, 0.15) is 0 Å². The van der Waals surface area contributed by atoms with Crippen LogP contribution < -0.4 is 4.90 Å². The molecule has 2 heteroatoms. The van der Waals surface area contributed by atoms with Crippen molar-refractivity contribution >= 4 is 5.69 Å². The Balaban J connectivity index is 2.28. The number of para-hydroxylation sites is 1. The van der Waals surface area contributed by atoms with Gasteiger partial charge in [0.2, 0.25) is 0 Å². The van der Waals surface area contributed by atoms with Crippen molar-refractivity contribution in [2.45, 2.75) is 51.7 Å². The monoisotopic (exact) mass is 233 g/mol. The smallest absolute Gasteiger partial charge is 0.0807 e. The molecule has 2 nitrogen and oxygen atoms in total. The molecule has 0 aliphatic heterocycles. The molecular formula is C15H23NO. The number of rotatable bonds is 6. The topological polar surface area (TPSA) is 23.5 Å². The van der Waals surface area contributed by atoms with Gasteiger partial charge < -0.3 is 10.0 Å². The highest BCUT2D eigenvalue weighted by molar-refractivity contribution is 5.56. The van der Waals surface area contributed by atoms with Crippen LogP contribution in [0.5, 0.6) is 0 Å². The highest BCUT2D eigenvalue weighted by Crippen LogP contribution is 2.36. The minimum atomic E-state index is -0.329. The Morgan fingerprint density at radius 2 is 2.00 bits per heavy atom. The summed E-state index contributed by atoms with van der Waals surface area (Å²) in [4.78, 5) is 2.48. The maximum atomic E-state index is 10.1. The van der Waals surface area contributed by atoms with E-state index in [0.717, 1.165) is 24.9 Å². The molecule has 0 aromatic heterocycles. The van der Waals surface area contributed by atoms with Crippen molar-refractivity contribution in [2.75, 3.05) is 11.4 Å². The Kier molecular flexibility index (Phi) is 4.06. The molecule has 0 amide bonds. The molecule has 94 valence electrons. The first-order chi connectivity index (χ1) is 8.27. The largest absolute Gasteiger partial charge is 0.388 e. The Labute approximate surface area is 104 Å². The first-order valence-electron chi connectivity index (χ1n) is 6.81. The summed E-state index contributed by atoms with van der Waals surface area (Å²) >= 11 is 0. The summed E-state index contributed by atoms with van der Waals surface area (Å²) in [6.07, 6.45) is 4.21. The zero-order valence-electron chi connectivity index (χ0n) is 10.9. The average molecular weight is 233 g/mol. The molecule has 0 heterocycles. The van der Waals surface area contributed by atoms with Crippen LogP contribution in [-0.4, -0.2) is 17.7 Å². The van der Waals surface area contributed by atoms with Gasteiger partial charge in [-0.05, 0) is 31.7 Å². The summed E-state index contributed by atoms with van der Waals surface area (Å²) in [5, 5.41) is 10.1. The molecule has 1 aromatic carbocycles. The second-order valence-corrected chi connectivity index (χ2v) is 4.91. The first kappa shape index (κ1) is 12.4. The van der Waals surface area contributed by atoms with Crippen molar-refractivity contribution < 1.29 is 5.11 Å². The Morgan fingerprint density at radius 1 is 1.29 bits per heavy atom. The minimum Gasteiger partial charge on any atom is -0.388 e. The van der Waals surface area contributed by atoms with Gasteiger partial charge in [0.25, 0.3) is 0 Å². The number of benzene rings is 1. The van der Waals surface area contributed by atoms with E-state index in [-0.39, 0.29) is 6.10 Å². The lowest BCUT2D eigenvalue weighted by molar-refractivity contribution is 0.174. The van der Waals surface area contributed by atoms with Crippen molar-refractivity contribution in [2.24, 2.45) is 0 Å². The summed E-state index contributed by atoms with van der Waals surface area (Å²) < 4.78 is 0. The highest BCUT2D eigenvalue weighted by atomic mass is 16.3. The molecule has 1 aliphatic rings. The number of aliphatic hydroxyl groups excluding tert-OH is 1. The van der Waals surface area contributed by atoms with Gasteiger partial charge in [-0.3, -0.25) is 0 Å². The molecule has 0 spiro atoms. The van der Waals surface area contributed by atoms with Crippen LogP contribution in [0, 0.1) is 0 Å². The van der Waals surface area contributed by atoms with Crippen LogP contribution >= 0.6 is 0 Å². The SMILES string of the molecule is CCCN(c1ccccc1[C@H](O)CC)C1CC1. The van der Waals surface area contributed by atoms with Gasteiger partial charge in [0.05, 0.1) is 6.10 Å². The molecule has 2 rings (SSSR count). The third-order valence-electron chi connectivity index (χ3n) is 3.44. The maximum absolute atomic E-state index is 10.1. The van der Waals surface area contributed by atoms with Crippen molar-refractivity contribution in [1.29, 1.82) is 0 Å². The third-order valence-corrected chi connectivity index (χ3v) is 3.44. The fourth-order valence-corrected chi connectivity index (χ4v) is 2.38. The van der Waals surface area contributed by atoms with Crippen molar-refractivity contribution in [3.8, 4) is 0 Å². The van der Waals surface area contributed by atoms with Crippen LogP contribution in [0.1, 0.15) is 51.2 Å². The van der Waals surface area contributed by atoms with E-state index in [1.165, 1.54) is 18.5 Å². The van der Waals surface area contributed by atoms with Gasteiger partial charge >= 0.3 is 0 Å². The predicted octanol–water partition coefficient (Wildman–Crippen LogP) is 3.51. The number of nitrogens with zero attached hydrogens (tertiary/aromatic N) is 1. The third kappa shape index (κ3) is 2.81. The molecule has 0 bridgehead atoms. The van der Waals surface area contributed by atoms with Crippen LogP contribution in [0.25, 0.3) is 0 Å². The van der Waals surface area contributed by atoms with Gasteiger partial charge in [-0.15, -0.1) is 0 Å². The summed E-state index contributed by atoms with van der Waals surface area (Å²) in [6, 6.07) is 9.03. The van der Waals surface area contributed by atoms with Crippen LogP contribution in [0.2, 0.25) is 0 Å². The van der Waals surface area contributed by atoms with Gasteiger partial charge in [-0.1, -0.05) is 32.0 Å². The van der Waals surface area contributed by atoms with Crippen LogP contribution in [0.4, 0.5) is 5.69 Å². The first-order valence-corrected chi connectivity index (χ1v) is 6.81. The second-order valence-electron chi connectivity index (χ2n) is 4.91. The summed E-state index contributed by atoms with van der Waals surface area (Å²) in [5.41, 5.74) is 2.33. The minimum absolute atomic E-state index is 0.329. The quantitative estimate of drug-likeness (QED) is 0.812. The van der Waals surface area contributed by atoms with E-state index in [2.05, 4.69) is 30.0 Å². The van der Waals surface area contributed by atoms with Gasteiger partial charge in [0.15, 0.2) is 0 Å². The summed E-state index contributed by atoms with van der Waals surface area (Å²) in [6.45, 7) is 5.34. The van der Waals surface area contributed by atoms with Crippen molar-refractivity contribution in [1.82, 2.24) is 0 Å². The van der Waals surface area contributed by atoms with Gasteiger partial charge in [0, 0.05) is 23.8 Å². The number of aliphatic hydroxyl groups is 1. The zero-order valence-corrected chi connectivity index (χ0v) is 10.9. The maximum Gasteiger partial charge on any atom is 0.0807 e. The molecule has 1 aromatic rings.